The van der Waals surface area contributed by atoms with Gasteiger partial charge in [-0.1, -0.05) is 13.3 Å². The minimum absolute atomic E-state index is 0.0677. The van der Waals surface area contributed by atoms with Crippen molar-refractivity contribution in [1.29, 1.82) is 0 Å². The number of piperidine rings is 1. The fourth-order valence-corrected chi connectivity index (χ4v) is 3.35. The zero-order valence-electron chi connectivity index (χ0n) is 13.7. The molecule has 0 bridgehead atoms. The lowest BCUT2D eigenvalue weighted by molar-refractivity contribution is -0.141. The summed E-state index contributed by atoms with van der Waals surface area (Å²) in [4.78, 5) is 39.5. The summed E-state index contributed by atoms with van der Waals surface area (Å²) in [7, 11) is 0. The van der Waals surface area contributed by atoms with Crippen molar-refractivity contribution in [2.24, 2.45) is 5.73 Å². The van der Waals surface area contributed by atoms with E-state index in [1.165, 1.54) is 0 Å². The van der Waals surface area contributed by atoms with E-state index in [1.807, 2.05) is 11.8 Å². The van der Waals surface area contributed by atoms with Crippen molar-refractivity contribution < 1.29 is 14.4 Å². The number of likely N-dealkylation sites (tertiary alicyclic amines) is 1. The fourth-order valence-electron chi connectivity index (χ4n) is 3.35. The zero-order valence-corrected chi connectivity index (χ0v) is 13.7. The molecule has 23 heavy (non-hydrogen) atoms. The van der Waals surface area contributed by atoms with E-state index >= 15 is 0 Å². The van der Waals surface area contributed by atoms with Crippen LogP contribution in [0, 0.1) is 0 Å². The fraction of sp³-hybridized carbons (Fsp3) is 0.800. The predicted octanol–water partition coefficient (Wildman–Crippen LogP) is -0.754. The normalized spacial score (nSPS) is 23.5. The molecular formula is C15H27N5O3. The molecule has 0 radical (unpaired) electrons. The van der Waals surface area contributed by atoms with Crippen LogP contribution in [0.5, 0.6) is 0 Å². The predicted molar refractivity (Wildman–Crippen MR) is 85.6 cm³/mol. The number of nitrogens with one attached hydrogen (secondary N) is 2. The molecule has 130 valence electrons. The topological polar surface area (TPSA) is 108 Å². The highest BCUT2D eigenvalue weighted by atomic mass is 16.2. The molecule has 2 rings (SSSR count). The van der Waals surface area contributed by atoms with Gasteiger partial charge in [-0.2, -0.15) is 0 Å². The Balaban J connectivity index is 1.99. The van der Waals surface area contributed by atoms with Crippen molar-refractivity contribution in [2.75, 3.05) is 32.7 Å². The molecule has 8 heteroatoms. The first-order valence-electron chi connectivity index (χ1n) is 8.38. The minimum atomic E-state index is -0.678. The molecule has 2 aliphatic heterocycles. The average molecular weight is 325 g/mol. The van der Waals surface area contributed by atoms with Gasteiger partial charge in [-0.15, -0.1) is 0 Å². The van der Waals surface area contributed by atoms with Crippen LogP contribution in [-0.2, 0) is 9.59 Å². The van der Waals surface area contributed by atoms with Gasteiger partial charge in [-0.05, 0) is 19.3 Å². The summed E-state index contributed by atoms with van der Waals surface area (Å²) in [6.45, 7) is 5.00. The van der Waals surface area contributed by atoms with Gasteiger partial charge < -0.3 is 26.2 Å². The maximum absolute atomic E-state index is 12.7. The van der Waals surface area contributed by atoms with E-state index in [2.05, 4.69) is 10.6 Å². The van der Waals surface area contributed by atoms with Crippen molar-refractivity contribution in [3.8, 4) is 0 Å². The molecule has 0 spiro atoms. The third kappa shape index (κ3) is 4.57. The van der Waals surface area contributed by atoms with Crippen LogP contribution >= 0.6 is 0 Å². The summed E-state index contributed by atoms with van der Waals surface area (Å²) in [5.74, 6) is -0.00569. The number of carbonyl (C=O) groups is 3. The van der Waals surface area contributed by atoms with Crippen molar-refractivity contribution in [1.82, 2.24) is 20.4 Å². The van der Waals surface area contributed by atoms with Gasteiger partial charge in [0.15, 0.2) is 0 Å². The van der Waals surface area contributed by atoms with Crippen molar-refractivity contribution in [3.63, 3.8) is 0 Å². The van der Waals surface area contributed by atoms with Crippen LogP contribution in [0.3, 0.4) is 0 Å². The first-order chi connectivity index (χ1) is 11.0. The molecule has 8 nitrogen and oxygen atoms in total. The molecule has 4 N–H and O–H groups in total. The number of piperazine rings is 1. The van der Waals surface area contributed by atoms with Crippen LogP contribution < -0.4 is 16.4 Å². The van der Waals surface area contributed by atoms with Gasteiger partial charge in [0, 0.05) is 32.2 Å². The Morgan fingerprint density at radius 1 is 1.43 bits per heavy atom. The van der Waals surface area contributed by atoms with E-state index in [0.29, 0.717) is 32.6 Å². The van der Waals surface area contributed by atoms with Crippen molar-refractivity contribution >= 4 is 17.8 Å². The molecule has 4 amide bonds. The number of rotatable bonds is 5. The third-order valence-corrected chi connectivity index (χ3v) is 4.47. The highest BCUT2D eigenvalue weighted by molar-refractivity contribution is 5.86. The summed E-state index contributed by atoms with van der Waals surface area (Å²) in [5.41, 5.74) is 5.17. The smallest absolute Gasteiger partial charge is 0.312 e. The van der Waals surface area contributed by atoms with E-state index in [9.17, 15) is 14.4 Å². The Hall–Kier alpha value is -1.83. The summed E-state index contributed by atoms with van der Waals surface area (Å²) in [6, 6.07) is -1.18. The maximum Gasteiger partial charge on any atom is 0.312 e. The van der Waals surface area contributed by atoms with Crippen LogP contribution in [-0.4, -0.2) is 72.5 Å². The van der Waals surface area contributed by atoms with Gasteiger partial charge in [-0.3, -0.25) is 9.59 Å². The van der Waals surface area contributed by atoms with Crippen LogP contribution in [0.1, 0.15) is 32.6 Å². The quantitative estimate of drug-likeness (QED) is 0.618. The second-order valence-corrected chi connectivity index (χ2v) is 6.19. The number of urea groups is 1. The SMILES string of the molecule is CCC[C@@H](NC(N)=O)C(=O)N1CCCC(N2CCNCC2=O)C1. The number of nitrogens with zero attached hydrogens (tertiary/aromatic N) is 2. The van der Waals surface area contributed by atoms with Crippen molar-refractivity contribution in [2.45, 2.75) is 44.7 Å². The highest BCUT2D eigenvalue weighted by Crippen LogP contribution is 2.18. The minimum Gasteiger partial charge on any atom is -0.352 e. The zero-order chi connectivity index (χ0) is 16.8. The molecule has 0 aromatic carbocycles. The Labute approximate surface area is 136 Å². The van der Waals surface area contributed by atoms with Crippen LogP contribution in [0.15, 0.2) is 0 Å². The first-order valence-corrected chi connectivity index (χ1v) is 8.38. The van der Waals surface area contributed by atoms with E-state index in [-0.39, 0.29) is 17.9 Å². The molecule has 2 atom stereocenters. The monoisotopic (exact) mass is 325 g/mol. The average Bonchev–Trinajstić information content (AvgIpc) is 2.54. The third-order valence-electron chi connectivity index (χ3n) is 4.47. The molecule has 2 saturated heterocycles. The number of hydrogen-bond acceptors (Lipinski definition) is 4. The lowest BCUT2D eigenvalue weighted by atomic mass is 10.0. The largest absolute Gasteiger partial charge is 0.352 e. The molecule has 2 aliphatic rings. The molecule has 2 heterocycles. The second-order valence-electron chi connectivity index (χ2n) is 6.19. The highest BCUT2D eigenvalue weighted by Gasteiger charge is 2.33. The van der Waals surface area contributed by atoms with E-state index in [0.717, 1.165) is 25.8 Å². The molecule has 0 saturated carbocycles. The summed E-state index contributed by atoms with van der Waals surface area (Å²) < 4.78 is 0. The second kappa shape index (κ2) is 8.14. The van der Waals surface area contributed by atoms with Crippen LogP contribution in [0.4, 0.5) is 4.79 Å². The van der Waals surface area contributed by atoms with E-state index in [4.69, 9.17) is 5.73 Å². The number of nitrogens with two attached hydrogens (primary N) is 1. The summed E-state index contributed by atoms with van der Waals surface area (Å²) >= 11 is 0. The number of primary amides is 1. The number of amides is 4. The van der Waals surface area contributed by atoms with E-state index < -0.39 is 12.1 Å². The molecule has 0 aliphatic carbocycles. The molecule has 2 fully saturated rings. The van der Waals surface area contributed by atoms with Crippen molar-refractivity contribution in [3.05, 3.63) is 0 Å². The molecule has 0 aromatic rings. The summed E-state index contributed by atoms with van der Waals surface area (Å²) in [6.07, 6.45) is 3.12. The lowest BCUT2D eigenvalue weighted by Gasteiger charge is -2.41. The molecular weight excluding hydrogens is 298 g/mol. The van der Waals surface area contributed by atoms with Gasteiger partial charge in [-0.25, -0.2) is 4.79 Å². The number of hydrogen-bond donors (Lipinski definition) is 3. The first kappa shape index (κ1) is 17.5. The van der Waals surface area contributed by atoms with Gasteiger partial charge in [0.2, 0.25) is 11.8 Å². The Morgan fingerprint density at radius 2 is 2.22 bits per heavy atom. The van der Waals surface area contributed by atoms with Gasteiger partial charge in [0.05, 0.1) is 6.54 Å². The molecule has 0 aromatic heterocycles. The van der Waals surface area contributed by atoms with Crippen LogP contribution in [0.25, 0.3) is 0 Å². The maximum atomic E-state index is 12.7. The Kier molecular flexibility index (Phi) is 6.20. The molecule has 1 unspecified atom stereocenters. The standard InChI is InChI=1S/C15H27N5O3/c1-2-4-12(18-15(16)23)14(22)19-7-3-5-11(10-19)20-8-6-17-9-13(20)21/h11-12,17H,2-10H2,1H3,(H3,16,18,23)/t11?,12-/m1/s1. The van der Waals surface area contributed by atoms with E-state index in [1.54, 1.807) is 4.90 Å². The van der Waals surface area contributed by atoms with Crippen LogP contribution in [0.2, 0.25) is 0 Å². The number of carbonyl (C=O) groups excluding carboxylic acids is 3. The Morgan fingerprint density at radius 3 is 2.87 bits per heavy atom. The lowest BCUT2D eigenvalue weighted by Crippen LogP contribution is -2.59. The van der Waals surface area contributed by atoms with Gasteiger partial charge in [0.25, 0.3) is 0 Å². The van der Waals surface area contributed by atoms with Gasteiger partial charge >= 0.3 is 6.03 Å². The summed E-state index contributed by atoms with van der Waals surface area (Å²) in [5, 5.41) is 5.60. The Bertz CT molecular complexity index is 456. The van der Waals surface area contributed by atoms with Gasteiger partial charge in [0.1, 0.15) is 6.04 Å².